The van der Waals surface area contributed by atoms with Crippen molar-refractivity contribution >= 4 is 5.91 Å². The number of hydrogen-bond acceptors (Lipinski definition) is 4. The normalized spacial score (nSPS) is 29.0. The second-order valence-corrected chi connectivity index (χ2v) is 5.02. The summed E-state index contributed by atoms with van der Waals surface area (Å²) in [7, 11) is 0. The molecule has 0 aromatic carbocycles. The maximum atomic E-state index is 12.0. The summed E-state index contributed by atoms with van der Waals surface area (Å²) < 4.78 is 10.6. The van der Waals surface area contributed by atoms with Crippen LogP contribution in [0.4, 0.5) is 0 Å². The van der Waals surface area contributed by atoms with E-state index in [1.54, 1.807) is 4.90 Å². The lowest BCUT2D eigenvalue weighted by Gasteiger charge is -2.51. The van der Waals surface area contributed by atoms with Gasteiger partial charge in [-0.3, -0.25) is 4.79 Å². The van der Waals surface area contributed by atoms with Crippen molar-refractivity contribution in [2.75, 3.05) is 32.9 Å². The minimum Gasteiger partial charge on any atom is -0.376 e. The Balaban J connectivity index is 1.84. The molecule has 0 aliphatic carbocycles. The van der Waals surface area contributed by atoms with E-state index >= 15 is 0 Å². The van der Waals surface area contributed by atoms with Gasteiger partial charge >= 0.3 is 0 Å². The summed E-state index contributed by atoms with van der Waals surface area (Å²) in [6.07, 6.45) is -0.425. The molecule has 1 amide bonds. The first kappa shape index (κ1) is 11.8. The van der Waals surface area contributed by atoms with E-state index in [4.69, 9.17) is 15.2 Å². The van der Waals surface area contributed by atoms with Crippen molar-refractivity contribution in [3.63, 3.8) is 0 Å². The minimum atomic E-state index is -0.425. The van der Waals surface area contributed by atoms with E-state index in [-0.39, 0.29) is 11.4 Å². The van der Waals surface area contributed by atoms with Gasteiger partial charge in [0.15, 0.2) is 6.10 Å². The first-order chi connectivity index (χ1) is 7.53. The van der Waals surface area contributed by atoms with Crippen LogP contribution in [0, 0.1) is 5.92 Å². The highest BCUT2D eigenvalue weighted by Crippen LogP contribution is 2.27. The summed E-state index contributed by atoms with van der Waals surface area (Å²) in [5.41, 5.74) is 5.92. The molecular formula is C11H20N2O3. The molecule has 2 fully saturated rings. The Morgan fingerprint density at radius 2 is 2.12 bits per heavy atom. The van der Waals surface area contributed by atoms with Gasteiger partial charge in [-0.05, 0) is 5.92 Å². The lowest BCUT2D eigenvalue weighted by atomic mass is 9.80. The zero-order valence-electron chi connectivity index (χ0n) is 9.94. The number of nitrogens with zero attached hydrogens (tertiary/aromatic N) is 1. The highest BCUT2D eigenvalue weighted by molar-refractivity contribution is 5.82. The van der Waals surface area contributed by atoms with Crippen LogP contribution in [0.1, 0.15) is 13.8 Å². The molecule has 0 bridgehead atoms. The molecule has 1 unspecified atom stereocenters. The lowest BCUT2D eigenvalue weighted by Crippen LogP contribution is -2.72. The molecule has 0 radical (unpaired) electrons. The van der Waals surface area contributed by atoms with E-state index in [1.807, 2.05) is 0 Å². The second kappa shape index (κ2) is 4.31. The lowest BCUT2D eigenvalue weighted by molar-refractivity contribution is -0.166. The fourth-order valence-corrected chi connectivity index (χ4v) is 2.02. The number of hydrogen-bond donors (Lipinski definition) is 1. The number of amides is 1. The monoisotopic (exact) mass is 228 g/mol. The molecule has 16 heavy (non-hydrogen) atoms. The van der Waals surface area contributed by atoms with Gasteiger partial charge in [0.2, 0.25) is 0 Å². The van der Waals surface area contributed by atoms with Gasteiger partial charge in [-0.15, -0.1) is 0 Å². The molecule has 0 spiro atoms. The third kappa shape index (κ3) is 2.07. The molecule has 2 heterocycles. The molecule has 5 heteroatoms. The summed E-state index contributed by atoms with van der Waals surface area (Å²) in [6.45, 7) is 6.88. The minimum absolute atomic E-state index is 0.0152. The van der Waals surface area contributed by atoms with Crippen molar-refractivity contribution in [2.24, 2.45) is 11.7 Å². The predicted octanol–water partition coefficient (Wildman–Crippen LogP) is -0.402. The standard InChI is InChI=1S/C11H20N2O3/c1-8(2)11(12)6-13(7-11)10(14)9-5-15-3-4-16-9/h8-9H,3-7,12H2,1-2H3. The van der Waals surface area contributed by atoms with Crippen LogP contribution in [0.2, 0.25) is 0 Å². The molecule has 5 nitrogen and oxygen atoms in total. The maximum Gasteiger partial charge on any atom is 0.254 e. The van der Waals surface area contributed by atoms with Gasteiger partial charge in [0.05, 0.1) is 25.4 Å². The summed E-state index contributed by atoms with van der Waals surface area (Å²) in [6, 6.07) is 0. The molecule has 2 N–H and O–H groups in total. The number of likely N-dealkylation sites (tertiary alicyclic amines) is 1. The number of carbonyl (C=O) groups is 1. The van der Waals surface area contributed by atoms with Crippen LogP contribution in [-0.2, 0) is 14.3 Å². The third-order valence-electron chi connectivity index (χ3n) is 3.52. The Morgan fingerprint density at radius 3 is 2.62 bits per heavy atom. The van der Waals surface area contributed by atoms with Gasteiger partial charge in [0, 0.05) is 13.1 Å². The molecule has 92 valence electrons. The van der Waals surface area contributed by atoms with E-state index in [0.29, 0.717) is 38.8 Å². The van der Waals surface area contributed by atoms with Crippen molar-refractivity contribution in [2.45, 2.75) is 25.5 Å². The number of nitrogens with two attached hydrogens (primary N) is 1. The van der Waals surface area contributed by atoms with Gasteiger partial charge in [-0.2, -0.15) is 0 Å². The summed E-state index contributed by atoms with van der Waals surface area (Å²) in [4.78, 5) is 13.7. The van der Waals surface area contributed by atoms with Crippen molar-refractivity contribution in [3.05, 3.63) is 0 Å². The zero-order valence-corrected chi connectivity index (χ0v) is 9.94. The van der Waals surface area contributed by atoms with Crippen LogP contribution in [0.3, 0.4) is 0 Å². The maximum absolute atomic E-state index is 12.0. The average Bonchev–Trinajstić information content (AvgIpc) is 2.25. The van der Waals surface area contributed by atoms with E-state index in [0.717, 1.165) is 0 Å². The van der Waals surface area contributed by atoms with Crippen LogP contribution in [0.25, 0.3) is 0 Å². The van der Waals surface area contributed by atoms with E-state index in [9.17, 15) is 4.79 Å². The van der Waals surface area contributed by atoms with Crippen molar-refractivity contribution in [3.8, 4) is 0 Å². The third-order valence-corrected chi connectivity index (χ3v) is 3.52. The van der Waals surface area contributed by atoms with Crippen LogP contribution < -0.4 is 5.73 Å². The number of ether oxygens (including phenoxy) is 2. The Morgan fingerprint density at radius 1 is 1.44 bits per heavy atom. The van der Waals surface area contributed by atoms with Crippen molar-refractivity contribution < 1.29 is 14.3 Å². The molecular weight excluding hydrogens is 208 g/mol. The van der Waals surface area contributed by atoms with Crippen molar-refractivity contribution in [1.29, 1.82) is 0 Å². The number of rotatable bonds is 2. The smallest absolute Gasteiger partial charge is 0.254 e. The van der Waals surface area contributed by atoms with Crippen LogP contribution in [0.15, 0.2) is 0 Å². The number of carbonyl (C=O) groups excluding carboxylic acids is 1. The van der Waals surface area contributed by atoms with Gasteiger partial charge in [-0.25, -0.2) is 0 Å². The van der Waals surface area contributed by atoms with Gasteiger partial charge in [0.1, 0.15) is 0 Å². The van der Waals surface area contributed by atoms with Crippen molar-refractivity contribution in [1.82, 2.24) is 4.90 Å². The Hall–Kier alpha value is -0.650. The first-order valence-corrected chi connectivity index (χ1v) is 5.80. The Labute approximate surface area is 95.9 Å². The summed E-state index contributed by atoms with van der Waals surface area (Å²) in [5, 5.41) is 0. The van der Waals surface area contributed by atoms with E-state index in [2.05, 4.69) is 13.8 Å². The molecule has 0 aromatic heterocycles. The van der Waals surface area contributed by atoms with E-state index < -0.39 is 6.10 Å². The summed E-state index contributed by atoms with van der Waals surface area (Å²) >= 11 is 0. The van der Waals surface area contributed by atoms with Gasteiger partial charge in [-0.1, -0.05) is 13.8 Å². The molecule has 2 rings (SSSR count). The predicted molar refractivity (Wildman–Crippen MR) is 58.9 cm³/mol. The van der Waals surface area contributed by atoms with Gasteiger partial charge < -0.3 is 20.1 Å². The highest BCUT2D eigenvalue weighted by atomic mass is 16.6. The van der Waals surface area contributed by atoms with Crippen LogP contribution in [-0.4, -0.2) is 55.4 Å². The Kier molecular flexibility index (Phi) is 3.19. The molecule has 2 aliphatic rings. The first-order valence-electron chi connectivity index (χ1n) is 5.80. The molecule has 0 saturated carbocycles. The molecule has 2 aliphatic heterocycles. The van der Waals surface area contributed by atoms with Crippen LogP contribution in [0.5, 0.6) is 0 Å². The fraction of sp³-hybridized carbons (Fsp3) is 0.909. The molecule has 1 atom stereocenters. The van der Waals surface area contributed by atoms with Crippen LogP contribution >= 0.6 is 0 Å². The SMILES string of the molecule is CC(C)C1(N)CN(C(=O)C2COCCO2)C1. The van der Waals surface area contributed by atoms with E-state index in [1.165, 1.54) is 0 Å². The highest BCUT2D eigenvalue weighted by Gasteiger charge is 2.46. The fourth-order valence-electron chi connectivity index (χ4n) is 2.02. The topological polar surface area (TPSA) is 64.8 Å². The summed E-state index contributed by atoms with van der Waals surface area (Å²) in [5.74, 6) is 0.404. The zero-order chi connectivity index (χ0) is 11.8. The quantitative estimate of drug-likeness (QED) is 0.698. The molecule has 2 saturated heterocycles. The Bertz CT molecular complexity index is 268. The second-order valence-electron chi connectivity index (χ2n) is 5.02. The average molecular weight is 228 g/mol. The van der Waals surface area contributed by atoms with Gasteiger partial charge in [0.25, 0.3) is 5.91 Å². The molecule has 0 aromatic rings. The largest absolute Gasteiger partial charge is 0.376 e.